The average molecular weight is 307 g/mol. The van der Waals surface area contributed by atoms with Crippen molar-refractivity contribution in [3.05, 3.63) is 59.9 Å². The Hall–Kier alpha value is -3.55. The quantitative estimate of drug-likeness (QED) is 0.580. The summed E-state index contributed by atoms with van der Waals surface area (Å²) < 4.78 is 7.11. The summed E-state index contributed by atoms with van der Waals surface area (Å²) in [5, 5.41) is 13.6. The monoisotopic (exact) mass is 307 g/mol. The third-order valence-corrected chi connectivity index (χ3v) is 3.37. The van der Waals surface area contributed by atoms with Crippen LogP contribution in [0.2, 0.25) is 0 Å². The second-order valence-corrected chi connectivity index (χ2v) is 4.83. The van der Waals surface area contributed by atoms with Crippen LogP contribution in [0.5, 0.6) is 0 Å². The molecule has 1 aliphatic heterocycles. The molecule has 0 bridgehead atoms. The average Bonchev–Trinajstić information content (AvgIpc) is 3.27. The van der Waals surface area contributed by atoms with Gasteiger partial charge in [0.05, 0.1) is 17.3 Å². The van der Waals surface area contributed by atoms with Gasteiger partial charge in [-0.15, -0.1) is 10.2 Å². The highest BCUT2D eigenvalue weighted by Gasteiger charge is 2.27. The number of nitrogens with zero attached hydrogens (tertiary/aromatic N) is 4. The standard InChI is InChI=1S/C15H9N5O3/c21-14-11-3-1-9(5-12(11)15(22)19-14)13-4-2-10(23-13)6-18-20-7-16-17-8-20/h1-8H,(H,19,21,22)/b18-6+. The molecule has 4 rings (SSSR count). The minimum absolute atomic E-state index is 0.351. The second kappa shape index (κ2) is 5.02. The van der Waals surface area contributed by atoms with Crippen molar-refractivity contribution >= 4 is 18.0 Å². The van der Waals surface area contributed by atoms with E-state index in [9.17, 15) is 9.59 Å². The molecule has 0 saturated carbocycles. The number of hydrogen-bond donors (Lipinski definition) is 1. The van der Waals surface area contributed by atoms with E-state index in [2.05, 4.69) is 20.6 Å². The number of carbonyl (C=O) groups is 2. The summed E-state index contributed by atoms with van der Waals surface area (Å²) in [4.78, 5) is 23.2. The summed E-state index contributed by atoms with van der Waals surface area (Å²) in [7, 11) is 0. The van der Waals surface area contributed by atoms with E-state index in [1.54, 1.807) is 30.3 Å². The zero-order valence-electron chi connectivity index (χ0n) is 11.6. The number of aromatic nitrogens is 3. The lowest BCUT2D eigenvalue weighted by atomic mass is 10.0. The first-order valence-corrected chi connectivity index (χ1v) is 6.69. The highest BCUT2D eigenvalue weighted by molar-refractivity contribution is 6.21. The number of amides is 2. The van der Waals surface area contributed by atoms with Gasteiger partial charge in [-0.2, -0.15) is 5.10 Å². The van der Waals surface area contributed by atoms with E-state index in [1.807, 2.05) is 0 Å². The molecule has 3 aromatic rings. The largest absolute Gasteiger partial charge is 0.455 e. The molecule has 0 fully saturated rings. The first kappa shape index (κ1) is 13.1. The third-order valence-electron chi connectivity index (χ3n) is 3.37. The van der Waals surface area contributed by atoms with E-state index >= 15 is 0 Å². The van der Waals surface area contributed by atoms with Crippen LogP contribution < -0.4 is 5.32 Å². The number of rotatable bonds is 3. The molecule has 0 atom stereocenters. The van der Waals surface area contributed by atoms with E-state index in [0.717, 1.165) is 0 Å². The fraction of sp³-hybridized carbons (Fsp3) is 0. The van der Waals surface area contributed by atoms with E-state index in [0.29, 0.717) is 28.2 Å². The summed E-state index contributed by atoms with van der Waals surface area (Å²) in [6.07, 6.45) is 4.43. The Labute approximate surface area is 129 Å². The number of carbonyl (C=O) groups excluding carboxylic acids is 2. The van der Waals surface area contributed by atoms with Gasteiger partial charge in [-0.1, -0.05) is 6.07 Å². The van der Waals surface area contributed by atoms with Crippen LogP contribution in [0.3, 0.4) is 0 Å². The maximum absolute atomic E-state index is 11.7. The first-order valence-electron chi connectivity index (χ1n) is 6.69. The third kappa shape index (κ3) is 2.31. The van der Waals surface area contributed by atoms with Gasteiger partial charge in [0.25, 0.3) is 11.8 Å². The SMILES string of the molecule is O=C1NC(=O)c2cc(-c3ccc(/C=N/n4cnnc4)o3)ccc21. The van der Waals surface area contributed by atoms with Crippen molar-refractivity contribution in [1.29, 1.82) is 0 Å². The van der Waals surface area contributed by atoms with Gasteiger partial charge in [0.15, 0.2) is 0 Å². The zero-order valence-corrected chi connectivity index (χ0v) is 11.6. The molecular formula is C15H9N5O3. The maximum Gasteiger partial charge on any atom is 0.258 e. The lowest BCUT2D eigenvalue weighted by Gasteiger charge is -1.99. The molecule has 0 saturated heterocycles. The lowest BCUT2D eigenvalue weighted by Crippen LogP contribution is -2.19. The zero-order chi connectivity index (χ0) is 15.8. The molecule has 0 aliphatic carbocycles. The van der Waals surface area contributed by atoms with Crippen LogP contribution in [0.4, 0.5) is 0 Å². The van der Waals surface area contributed by atoms with Crippen molar-refractivity contribution in [3.63, 3.8) is 0 Å². The van der Waals surface area contributed by atoms with Gasteiger partial charge in [-0.25, -0.2) is 4.68 Å². The molecule has 3 heterocycles. The molecule has 23 heavy (non-hydrogen) atoms. The molecule has 112 valence electrons. The lowest BCUT2D eigenvalue weighted by molar-refractivity contribution is 0.0879. The Morgan fingerprint density at radius 1 is 1.04 bits per heavy atom. The fourth-order valence-corrected chi connectivity index (χ4v) is 2.28. The Morgan fingerprint density at radius 2 is 1.83 bits per heavy atom. The summed E-state index contributed by atoms with van der Waals surface area (Å²) >= 11 is 0. The van der Waals surface area contributed by atoms with Crippen molar-refractivity contribution in [3.8, 4) is 11.3 Å². The molecule has 1 N–H and O–H groups in total. The molecule has 0 radical (unpaired) electrons. The Balaban J connectivity index is 1.64. The molecule has 0 spiro atoms. The molecule has 2 amide bonds. The van der Waals surface area contributed by atoms with Crippen LogP contribution in [0, 0.1) is 0 Å². The van der Waals surface area contributed by atoms with Crippen molar-refractivity contribution in [2.45, 2.75) is 0 Å². The maximum atomic E-state index is 11.7. The van der Waals surface area contributed by atoms with Gasteiger partial charge in [-0.3, -0.25) is 14.9 Å². The number of fused-ring (bicyclic) bond motifs is 1. The van der Waals surface area contributed by atoms with Gasteiger partial charge in [0.1, 0.15) is 24.2 Å². The molecule has 0 unspecified atom stereocenters. The molecule has 2 aromatic heterocycles. The van der Waals surface area contributed by atoms with Crippen molar-refractivity contribution in [2.75, 3.05) is 0 Å². The topological polar surface area (TPSA) is 102 Å². The Morgan fingerprint density at radius 3 is 2.65 bits per heavy atom. The first-order chi connectivity index (χ1) is 11.2. The smallest absolute Gasteiger partial charge is 0.258 e. The van der Waals surface area contributed by atoms with E-state index in [1.165, 1.54) is 23.5 Å². The Bertz CT molecular complexity index is 940. The molecular weight excluding hydrogens is 298 g/mol. The summed E-state index contributed by atoms with van der Waals surface area (Å²) in [5.74, 6) is 0.338. The van der Waals surface area contributed by atoms with Crippen LogP contribution in [0.15, 0.2) is 52.5 Å². The van der Waals surface area contributed by atoms with E-state index in [4.69, 9.17) is 4.42 Å². The summed E-state index contributed by atoms with van der Waals surface area (Å²) in [5.41, 5.74) is 1.43. The number of benzene rings is 1. The number of furan rings is 1. The van der Waals surface area contributed by atoms with Gasteiger partial charge in [-0.05, 0) is 24.3 Å². The van der Waals surface area contributed by atoms with E-state index < -0.39 is 5.91 Å². The number of nitrogens with one attached hydrogen (secondary N) is 1. The van der Waals surface area contributed by atoms with Crippen LogP contribution in [-0.2, 0) is 0 Å². The van der Waals surface area contributed by atoms with Gasteiger partial charge < -0.3 is 4.42 Å². The van der Waals surface area contributed by atoms with Crippen molar-refractivity contribution in [2.24, 2.45) is 5.10 Å². The molecule has 8 nitrogen and oxygen atoms in total. The van der Waals surface area contributed by atoms with Crippen LogP contribution >= 0.6 is 0 Å². The minimum Gasteiger partial charge on any atom is -0.455 e. The van der Waals surface area contributed by atoms with Crippen LogP contribution in [0.25, 0.3) is 11.3 Å². The van der Waals surface area contributed by atoms with Crippen LogP contribution in [0.1, 0.15) is 26.5 Å². The molecule has 1 aliphatic rings. The van der Waals surface area contributed by atoms with Crippen molar-refractivity contribution < 1.29 is 14.0 Å². The van der Waals surface area contributed by atoms with Gasteiger partial charge >= 0.3 is 0 Å². The minimum atomic E-state index is -0.396. The highest BCUT2D eigenvalue weighted by atomic mass is 16.3. The Kier molecular flexibility index (Phi) is 2.87. The molecule has 1 aromatic carbocycles. The predicted octanol–water partition coefficient (Wildman–Crippen LogP) is 1.30. The second-order valence-electron chi connectivity index (χ2n) is 4.83. The molecule has 8 heteroatoms. The number of imide groups is 1. The van der Waals surface area contributed by atoms with Gasteiger partial charge in [0, 0.05) is 5.56 Å². The van der Waals surface area contributed by atoms with Gasteiger partial charge in [0.2, 0.25) is 0 Å². The summed E-state index contributed by atoms with van der Waals surface area (Å²) in [6.45, 7) is 0. The highest BCUT2D eigenvalue weighted by Crippen LogP contribution is 2.26. The fourth-order valence-electron chi connectivity index (χ4n) is 2.28. The van der Waals surface area contributed by atoms with Crippen molar-refractivity contribution in [1.82, 2.24) is 20.2 Å². The predicted molar refractivity (Wildman–Crippen MR) is 79.0 cm³/mol. The number of hydrogen-bond acceptors (Lipinski definition) is 6. The normalized spacial score (nSPS) is 13.6. The van der Waals surface area contributed by atoms with Crippen LogP contribution in [-0.4, -0.2) is 32.9 Å². The summed E-state index contributed by atoms with van der Waals surface area (Å²) in [6, 6.07) is 8.50. The van der Waals surface area contributed by atoms with E-state index in [-0.39, 0.29) is 5.91 Å².